The molecule has 120 valence electrons. The zero-order valence-electron chi connectivity index (χ0n) is 13.3. The SMILES string of the molecule is CCN(CC(C)C#N)C(=O)c1nc(C)n(-c2ccc(Cl)cc2)n1. The molecule has 0 aliphatic rings. The molecule has 2 aromatic rings. The number of carbonyl (C=O) groups excluding carboxylic acids is 1. The molecule has 1 heterocycles. The Morgan fingerprint density at radius 1 is 1.43 bits per heavy atom. The van der Waals surface area contributed by atoms with E-state index in [1.54, 1.807) is 35.6 Å². The molecule has 6 nitrogen and oxygen atoms in total. The van der Waals surface area contributed by atoms with Crippen LogP contribution in [0.4, 0.5) is 0 Å². The van der Waals surface area contributed by atoms with E-state index in [2.05, 4.69) is 16.2 Å². The maximum absolute atomic E-state index is 12.5. The number of benzene rings is 1. The molecule has 0 N–H and O–H groups in total. The quantitative estimate of drug-likeness (QED) is 0.844. The molecule has 0 saturated carbocycles. The third kappa shape index (κ3) is 3.88. The summed E-state index contributed by atoms with van der Waals surface area (Å²) in [5.41, 5.74) is 0.784. The number of amides is 1. The number of rotatable bonds is 5. The van der Waals surface area contributed by atoms with E-state index >= 15 is 0 Å². The molecular formula is C16H18ClN5O. The van der Waals surface area contributed by atoms with Gasteiger partial charge >= 0.3 is 0 Å². The van der Waals surface area contributed by atoms with Gasteiger partial charge in [0.2, 0.25) is 5.82 Å². The summed E-state index contributed by atoms with van der Waals surface area (Å²) in [5.74, 6) is 0.230. The first-order valence-corrected chi connectivity index (χ1v) is 7.72. The van der Waals surface area contributed by atoms with Crippen molar-refractivity contribution in [3.8, 4) is 11.8 Å². The lowest BCUT2D eigenvalue weighted by atomic mass is 10.2. The Labute approximate surface area is 140 Å². The molecule has 1 atom stereocenters. The summed E-state index contributed by atoms with van der Waals surface area (Å²) in [6.07, 6.45) is 0. The number of carbonyl (C=O) groups is 1. The van der Waals surface area contributed by atoms with Gasteiger partial charge < -0.3 is 4.90 Å². The molecule has 1 amide bonds. The summed E-state index contributed by atoms with van der Waals surface area (Å²) in [7, 11) is 0. The molecule has 0 aliphatic heterocycles. The molecular weight excluding hydrogens is 314 g/mol. The minimum absolute atomic E-state index is 0.129. The van der Waals surface area contributed by atoms with Gasteiger partial charge in [-0.15, -0.1) is 5.10 Å². The molecule has 23 heavy (non-hydrogen) atoms. The Bertz CT molecular complexity index is 732. The molecule has 1 aromatic heterocycles. The van der Waals surface area contributed by atoms with Crippen molar-refractivity contribution in [3.05, 3.63) is 40.9 Å². The third-order valence-electron chi connectivity index (χ3n) is 3.42. The predicted octanol–water partition coefficient (Wildman–Crippen LogP) is 2.85. The number of hydrogen-bond donors (Lipinski definition) is 0. The van der Waals surface area contributed by atoms with Crippen molar-refractivity contribution in [1.29, 1.82) is 5.26 Å². The molecule has 2 rings (SSSR count). The Kier molecular flexibility index (Phi) is 5.35. The van der Waals surface area contributed by atoms with Gasteiger partial charge in [0.25, 0.3) is 5.91 Å². The summed E-state index contributed by atoms with van der Waals surface area (Å²) in [6, 6.07) is 9.27. The van der Waals surface area contributed by atoms with E-state index in [1.807, 2.05) is 19.1 Å². The molecule has 0 aliphatic carbocycles. The number of nitrogens with zero attached hydrogens (tertiary/aromatic N) is 5. The van der Waals surface area contributed by atoms with E-state index < -0.39 is 0 Å². The highest BCUT2D eigenvalue weighted by molar-refractivity contribution is 6.30. The van der Waals surface area contributed by atoms with E-state index in [0.717, 1.165) is 5.69 Å². The first-order valence-electron chi connectivity index (χ1n) is 7.34. The highest BCUT2D eigenvalue weighted by Gasteiger charge is 2.22. The Morgan fingerprint density at radius 2 is 2.09 bits per heavy atom. The van der Waals surface area contributed by atoms with Crippen LogP contribution in [0.5, 0.6) is 0 Å². The fourth-order valence-corrected chi connectivity index (χ4v) is 2.30. The van der Waals surface area contributed by atoms with Gasteiger partial charge in [-0.2, -0.15) is 5.26 Å². The van der Waals surface area contributed by atoms with E-state index in [0.29, 0.717) is 23.9 Å². The average Bonchev–Trinajstić information content (AvgIpc) is 2.94. The van der Waals surface area contributed by atoms with Crippen LogP contribution in [-0.4, -0.2) is 38.7 Å². The van der Waals surface area contributed by atoms with E-state index in [1.165, 1.54) is 0 Å². The Hall–Kier alpha value is -2.39. The fourth-order valence-electron chi connectivity index (χ4n) is 2.18. The summed E-state index contributed by atoms with van der Waals surface area (Å²) in [4.78, 5) is 18.4. The molecule has 0 radical (unpaired) electrons. The molecule has 0 bridgehead atoms. The van der Waals surface area contributed by atoms with Crippen LogP contribution in [0.1, 0.15) is 30.3 Å². The lowest BCUT2D eigenvalue weighted by Crippen LogP contribution is -2.35. The number of halogens is 1. The summed E-state index contributed by atoms with van der Waals surface area (Å²) >= 11 is 5.88. The number of hydrogen-bond acceptors (Lipinski definition) is 4. The zero-order chi connectivity index (χ0) is 17.0. The van der Waals surface area contributed by atoms with Crippen LogP contribution in [0.25, 0.3) is 5.69 Å². The van der Waals surface area contributed by atoms with Gasteiger partial charge in [0.1, 0.15) is 5.82 Å². The second-order valence-corrected chi connectivity index (χ2v) is 5.68. The van der Waals surface area contributed by atoms with Crippen LogP contribution >= 0.6 is 11.6 Å². The fraction of sp³-hybridized carbons (Fsp3) is 0.375. The van der Waals surface area contributed by atoms with E-state index in [9.17, 15) is 4.79 Å². The minimum Gasteiger partial charge on any atom is -0.335 e. The Balaban J connectivity index is 2.27. The van der Waals surface area contributed by atoms with Gasteiger partial charge in [-0.1, -0.05) is 11.6 Å². The van der Waals surface area contributed by atoms with Crippen molar-refractivity contribution >= 4 is 17.5 Å². The smallest absolute Gasteiger partial charge is 0.293 e. The van der Waals surface area contributed by atoms with Crippen LogP contribution < -0.4 is 0 Å². The first kappa shape index (κ1) is 17.0. The van der Waals surface area contributed by atoms with Gasteiger partial charge in [-0.05, 0) is 45.0 Å². The Morgan fingerprint density at radius 3 is 2.65 bits per heavy atom. The minimum atomic E-state index is -0.273. The van der Waals surface area contributed by atoms with Crippen molar-refractivity contribution in [2.24, 2.45) is 5.92 Å². The lowest BCUT2D eigenvalue weighted by molar-refractivity contribution is 0.0740. The van der Waals surface area contributed by atoms with Crippen LogP contribution in [0, 0.1) is 24.2 Å². The highest BCUT2D eigenvalue weighted by Crippen LogP contribution is 2.15. The molecule has 7 heteroatoms. The molecule has 1 aromatic carbocycles. The number of aryl methyl sites for hydroxylation is 1. The summed E-state index contributed by atoms with van der Waals surface area (Å²) in [6.45, 7) is 6.29. The van der Waals surface area contributed by atoms with Crippen molar-refractivity contribution in [3.63, 3.8) is 0 Å². The van der Waals surface area contributed by atoms with Gasteiger partial charge in [0.15, 0.2) is 0 Å². The van der Waals surface area contributed by atoms with Crippen molar-refractivity contribution in [1.82, 2.24) is 19.7 Å². The summed E-state index contributed by atoms with van der Waals surface area (Å²) in [5, 5.41) is 13.8. The molecule has 0 spiro atoms. The maximum Gasteiger partial charge on any atom is 0.293 e. The van der Waals surface area contributed by atoms with Crippen molar-refractivity contribution in [2.45, 2.75) is 20.8 Å². The normalized spacial score (nSPS) is 11.8. The largest absolute Gasteiger partial charge is 0.335 e. The average molecular weight is 332 g/mol. The van der Waals surface area contributed by atoms with Gasteiger partial charge in [-0.3, -0.25) is 4.79 Å². The van der Waals surface area contributed by atoms with Crippen molar-refractivity contribution in [2.75, 3.05) is 13.1 Å². The summed E-state index contributed by atoms with van der Waals surface area (Å²) < 4.78 is 1.60. The second-order valence-electron chi connectivity index (χ2n) is 5.24. The van der Waals surface area contributed by atoms with Gasteiger partial charge in [0, 0.05) is 18.1 Å². The number of aromatic nitrogens is 3. The van der Waals surface area contributed by atoms with E-state index in [4.69, 9.17) is 16.9 Å². The van der Waals surface area contributed by atoms with Crippen molar-refractivity contribution < 1.29 is 4.79 Å². The standard InChI is InChI=1S/C16H18ClN5O/c1-4-21(10-11(2)9-18)16(23)15-19-12(3)22(20-15)14-7-5-13(17)6-8-14/h5-8,11H,4,10H2,1-3H3. The molecule has 0 fully saturated rings. The first-order chi connectivity index (χ1) is 11.0. The monoisotopic (exact) mass is 331 g/mol. The topological polar surface area (TPSA) is 74.8 Å². The van der Waals surface area contributed by atoms with Crippen LogP contribution in [0.2, 0.25) is 5.02 Å². The predicted molar refractivity (Wildman–Crippen MR) is 87.5 cm³/mol. The second kappa shape index (κ2) is 7.25. The lowest BCUT2D eigenvalue weighted by Gasteiger charge is -2.20. The van der Waals surface area contributed by atoms with Crippen LogP contribution in [-0.2, 0) is 0 Å². The van der Waals surface area contributed by atoms with E-state index in [-0.39, 0.29) is 17.6 Å². The third-order valence-corrected chi connectivity index (χ3v) is 3.67. The van der Waals surface area contributed by atoms with Crippen LogP contribution in [0.15, 0.2) is 24.3 Å². The molecule has 1 unspecified atom stereocenters. The van der Waals surface area contributed by atoms with Gasteiger partial charge in [-0.25, -0.2) is 9.67 Å². The number of nitriles is 1. The van der Waals surface area contributed by atoms with Gasteiger partial charge in [0.05, 0.1) is 17.7 Å². The molecule has 0 saturated heterocycles. The highest BCUT2D eigenvalue weighted by atomic mass is 35.5. The zero-order valence-corrected chi connectivity index (χ0v) is 14.1. The maximum atomic E-state index is 12.5. The van der Waals surface area contributed by atoms with Crippen LogP contribution in [0.3, 0.4) is 0 Å².